The first-order valence-electron chi connectivity index (χ1n) is 4.45. The molecule has 0 aliphatic heterocycles. The van der Waals surface area contributed by atoms with Crippen molar-refractivity contribution in [2.75, 3.05) is 0 Å². The Morgan fingerprint density at radius 3 is 2.33 bits per heavy atom. The first-order chi connectivity index (χ1) is 7.02. The molecule has 0 spiro atoms. The van der Waals surface area contributed by atoms with Crippen molar-refractivity contribution in [3.63, 3.8) is 0 Å². The molecule has 1 aromatic carbocycles. The van der Waals surface area contributed by atoms with Gasteiger partial charge in [0.15, 0.2) is 9.84 Å². The minimum Gasteiger partial charge on any atom is -0.222 e. The molecule has 0 bridgehead atoms. The third kappa shape index (κ3) is 2.28. The van der Waals surface area contributed by atoms with Crippen molar-refractivity contribution in [1.82, 2.24) is 0 Å². The van der Waals surface area contributed by atoms with Gasteiger partial charge >= 0.3 is 0 Å². The summed E-state index contributed by atoms with van der Waals surface area (Å²) in [5, 5.41) is -0.799. The number of hydrogen-bond donors (Lipinski definition) is 0. The van der Waals surface area contributed by atoms with Gasteiger partial charge in [0, 0.05) is 0 Å². The SMILES string of the molecule is C#CC(C)S(=O)(=O)c1ccc(C=C)cc1. The van der Waals surface area contributed by atoms with Gasteiger partial charge in [-0.15, -0.1) is 6.42 Å². The lowest BCUT2D eigenvalue weighted by Crippen LogP contribution is -2.15. The summed E-state index contributed by atoms with van der Waals surface area (Å²) in [5.74, 6) is 2.22. The van der Waals surface area contributed by atoms with Crippen molar-refractivity contribution in [2.45, 2.75) is 17.1 Å². The van der Waals surface area contributed by atoms with E-state index in [1.54, 1.807) is 30.3 Å². The Morgan fingerprint density at radius 1 is 1.40 bits per heavy atom. The highest BCUT2D eigenvalue weighted by Crippen LogP contribution is 2.16. The number of terminal acetylenes is 1. The minimum absolute atomic E-state index is 0.249. The molecule has 0 heterocycles. The van der Waals surface area contributed by atoms with Crippen LogP contribution in [0.3, 0.4) is 0 Å². The zero-order valence-electron chi connectivity index (χ0n) is 8.47. The molecule has 0 amide bonds. The smallest absolute Gasteiger partial charge is 0.192 e. The number of benzene rings is 1. The van der Waals surface area contributed by atoms with Gasteiger partial charge in [-0.1, -0.05) is 30.7 Å². The van der Waals surface area contributed by atoms with Crippen LogP contribution in [0.5, 0.6) is 0 Å². The van der Waals surface area contributed by atoms with Crippen LogP contribution in [0.1, 0.15) is 12.5 Å². The largest absolute Gasteiger partial charge is 0.222 e. The van der Waals surface area contributed by atoms with E-state index in [1.807, 2.05) is 0 Å². The molecular formula is C12H12O2S. The molecule has 1 aromatic rings. The third-order valence-electron chi connectivity index (χ3n) is 2.14. The molecule has 0 saturated carbocycles. The molecule has 78 valence electrons. The maximum atomic E-state index is 11.8. The van der Waals surface area contributed by atoms with Crippen LogP contribution in [0, 0.1) is 12.3 Å². The van der Waals surface area contributed by atoms with Crippen LogP contribution < -0.4 is 0 Å². The molecule has 1 atom stereocenters. The molecular weight excluding hydrogens is 208 g/mol. The average Bonchev–Trinajstić information content (AvgIpc) is 2.28. The Bertz CT molecular complexity index is 489. The van der Waals surface area contributed by atoms with E-state index in [9.17, 15) is 8.42 Å². The zero-order chi connectivity index (χ0) is 11.5. The predicted molar refractivity (Wildman–Crippen MR) is 62.0 cm³/mol. The van der Waals surface area contributed by atoms with Gasteiger partial charge in [0.1, 0.15) is 5.25 Å². The van der Waals surface area contributed by atoms with Gasteiger partial charge in [-0.2, -0.15) is 0 Å². The molecule has 0 aliphatic rings. The summed E-state index contributed by atoms with van der Waals surface area (Å²) in [6.45, 7) is 5.09. The molecule has 0 aliphatic carbocycles. The number of rotatable bonds is 3. The fourth-order valence-corrected chi connectivity index (χ4v) is 2.19. The summed E-state index contributed by atoms with van der Waals surface area (Å²) < 4.78 is 23.6. The van der Waals surface area contributed by atoms with Crippen molar-refractivity contribution in [3.8, 4) is 12.3 Å². The molecule has 1 unspecified atom stereocenters. The van der Waals surface area contributed by atoms with Crippen molar-refractivity contribution in [3.05, 3.63) is 36.4 Å². The van der Waals surface area contributed by atoms with Crippen LogP contribution >= 0.6 is 0 Å². The lowest BCUT2D eigenvalue weighted by Gasteiger charge is -2.06. The zero-order valence-corrected chi connectivity index (χ0v) is 9.29. The quantitative estimate of drug-likeness (QED) is 0.731. The van der Waals surface area contributed by atoms with Gasteiger partial charge < -0.3 is 0 Å². The van der Waals surface area contributed by atoms with Gasteiger partial charge in [-0.25, -0.2) is 8.42 Å². The maximum Gasteiger partial charge on any atom is 0.192 e. The van der Waals surface area contributed by atoms with Crippen LogP contribution in [-0.4, -0.2) is 13.7 Å². The standard InChI is InChI=1S/C12H12O2S/c1-4-10(3)15(13,14)12-8-6-11(5-2)7-9-12/h1,5-10H,2H2,3H3. The van der Waals surface area contributed by atoms with Crippen molar-refractivity contribution < 1.29 is 8.42 Å². The summed E-state index contributed by atoms with van der Waals surface area (Å²) in [7, 11) is -3.38. The van der Waals surface area contributed by atoms with Gasteiger partial charge in [0.05, 0.1) is 4.90 Å². The highest BCUT2D eigenvalue weighted by molar-refractivity contribution is 7.92. The second kappa shape index (κ2) is 4.33. The lowest BCUT2D eigenvalue weighted by atomic mass is 10.2. The Kier molecular flexibility index (Phi) is 3.33. The van der Waals surface area contributed by atoms with Gasteiger partial charge in [0.2, 0.25) is 0 Å². The molecule has 15 heavy (non-hydrogen) atoms. The molecule has 3 heteroatoms. The fraction of sp³-hybridized carbons (Fsp3) is 0.167. The van der Waals surface area contributed by atoms with Crippen molar-refractivity contribution >= 4 is 15.9 Å². The van der Waals surface area contributed by atoms with Gasteiger partial charge in [-0.05, 0) is 24.6 Å². The van der Waals surface area contributed by atoms with Crippen molar-refractivity contribution in [2.24, 2.45) is 0 Å². The first-order valence-corrected chi connectivity index (χ1v) is 5.99. The maximum absolute atomic E-state index is 11.8. The van der Waals surface area contributed by atoms with E-state index in [4.69, 9.17) is 6.42 Å². The molecule has 0 saturated heterocycles. The molecule has 2 nitrogen and oxygen atoms in total. The van der Waals surface area contributed by atoms with E-state index in [1.165, 1.54) is 6.92 Å². The normalized spacial score (nSPS) is 12.8. The topological polar surface area (TPSA) is 34.1 Å². The summed E-state index contributed by atoms with van der Waals surface area (Å²) in [5.41, 5.74) is 0.877. The lowest BCUT2D eigenvalue weighted by molar-refractivity contribution is 0.592. The number of hydrogen-bond acceptors (Lipinski definition) is 2. The highest BCUT2D eigenvalue weighted by atomic mass is 32.2. The second-order valence-electron chi connectivity index (χ2n) is 3.13. The third-order valence-corrected chi connectivity index (χ3v) is 4.14. The first kappa shape index (κ1) is 11.5. The Hall–Kier alpha value is -1.53. The van der Waals surface area contributed by atoms with Crippen LogP contribution in [0.25, 0.3) is 6.08 Å². The van der Waals surface area contributed by atoms with E-state index in [0.717, 1.165) is 5.56 Å². The van der Waals surface area contributed by atoms with Crippen LogP contribution in [0.2, 0.25) is 0 Å². The summed E-state index contributed by atoms with van der Waals surface area (Å²) in [6, 6.07) is 6.48. The number of sulfone groups is 1. The van der Waals surface area contributed by atoms with Crippen molar-refractivity contribution in [1.29, 1.82) is 0 Å². The Balaban J connectivity index is 3.18. The molecule has 0 aromatic heterocycles. The van der Waals surface area contributed by atoms with Gasteiger partial charge in [0.25, 0.3) is 0 Å². The Labute approximate surface area is 90.6 Å². The minimum atomic E-state index is -3.38. The van der Waals surface area contributed by atoms with Crippen LogP contribution in [0.4, 0.5) is 0 Å². The fourth-order valence-electron chi connectivity index (χ4n) is 1.09. The summed E-state index contributed by atoms with van der Waals surface area (Å²) in [4.78, 5) is 0.249. The average molecular weight is 220 g/mol. The second-order valence-corrected chi connectivity index (χ2v) is 5.40. The molecule has 1 rings (SSSR count). The van der Waals surface area contributed by atoms with Crippen LogP contribution in [0.15, 0.2) is 35.7 Å². The summed E-state index contributed by atoms with van der Waals surface area (Å²) >= 11 is 0. The van der Waals surface area contributed by atoms with E-state index in [2.05, 4.69) is 12.5 Å². The monoisotopic (exact) mass is 220 g/mol. The van der Waals surface area contributed by atoms with Crippen LogP contribution in [-0.2, 0) is 9.84 Å². The van der Waals surface area contributed by atoms with E-state index >= 15 is 0 Å². The van der Waals surface area contributed by atoms with E-state index in [-0.39, 0.29) is 4.90 Å². The summed E-state index contributed by atoms with van der Waals surface area (Å²) in [6.07, 6.45) is 6.76. The molecule has 0 radical (unpaired) electrons. The molecule has 0 fully saturated rings. The van der Waals surface area contributed by atoms with E-state index < -0.39 is 15.1 Å². The predicted octanol–water partition coefficient (Wildman–Crippen LogP) is 2.12. The molecule has 0 N–H and O–H groups in total. The van der Waals surface area contributed by atoms with Gasteiger partial charge in [-0.3, -0.25) is 0 Å². The van der Waals surface area contributed by atoms with E-state index in [0.29, 0.717) is 0 Å². The Morgan fingerprint density at radius 2 is 1.93 bits per heavy atom. The highest BCUT2D eigenvalue weighted by Gasteiger charge is 2.20.